The molecule has 0 aliphatic carbocycles. The van der Waals surface area contributed by atoms with Crippen molar-refractivity contribution in [2.45, 2.75) is 12.8 Å². The average molecular weight is 441 g/mol. The molecule has 1 atom stereocenters. The number of amides is 1. The third-order valence-corrected chi connectivity index (χ3v) is 6.16. The number of thiazole rings is 1. The van der Waals surface area contributed by atoms with Crippen LogP contribution in [0.15, 0.2) is 43.2 Å². The maximum Gasteiger partial charge on any atom is 0.231 e. The Balaban J connectivity index is 1.30. The van der Waals surface area contributed by atoms with Gasteiger partial charge in [0.15, 0.2) is 10.9 Å². The largest absolute Gasteiger partial charge is 0.356 e. The van der Waals surface area contributed by atoms with Crippen molar-refractivity contribution >= 4 is 50.0 Å². The van der Waals surface area contributed by atoms with E-state index in [1.165, 1.54) is 24.0 Å². The molecule has 0 radical (unpaired) electrons. The Bertz CT molecular complexity index is 1190. The zero-order chi connectivity index (χ0) is 20.5. The number of hydrogen-bond donors (Lipinski definition) is 1. The van der Waals surface area contributed by atoms with Crippen molar-refractivity contribution < 1.29 is 4.79 Å². The Morgan fingerprint density at radius 3 is 2.97 bits per heavy atom. The monoisotopic (exact) mass is 440 g/mol. The predicted molar refractivity (Wildman–Crippen MR) is 115 cm³/mol. The average Bonchev–Trinajstić information content (AvgIpc) is 3.43. The van der Waals surface area contributed by atoms with Crippen LogP contribution in [0.5, 0.6) is 0 Å². The summed E-state index contributed by atoms with van der Waals surface area (Å²) < 4.78 is 2.53. The van der Waals surface area contributed by atoms with E-state index in [4.69, 9.17) is 11.6 Å². The van der Waals surface area contributed by atoms with Crippen LogP contribution in [0.4, 0.5) is 10.9 Å². The number of carbonyl (C=O) groups is 1. The standard InChI is InChI=1S/C19H17ClN8OS/c20-13-3-4-14-15(6-13)30-19(25-14)26-18(29)12-2-1-5-27(8-12)16-7-17(23-10-22-16)28-11-21-9-24-28/h3-4,6-7,9-12H,1-2,5,8H2,(H,25,26,29). The number of halogens is 1. The number of carbonyl (C=O) groups excluding carboxylic acids is 1. The highest BCUT2D eigenvalue weighted by molar-refractivity contribution is 7.22. The van der Waals surface area contributed by atoms with Gasteiger partial charge in [-0.15, -0.1) is 0 Å². The molecular formula is C19H17ClN8OS. The van der Waals surface area contributed by atoms with Gasteiger partial charge in [-0.2, -0.15) is 5.10 Å². The second-order valence-corrected chi connectivity index (χ2v) is 8.45. The van der Waals surface area contributed by atoms with Gasteiger partial charge in [-0.05, 0) is 31.0 Å². The number of nitrogens with zero attached hydrogens (tertiary/aromatic N) is 7. The Kier molecular flexibility index (Phi) is 5.01. The Labute approximate surface area is 180 Å². The van der Waals surface area contributed by atoms with E-state index in [1.54, 1.807) is 17.1 Å². The van der Waals surface area contributed by atoms with Crippen LogP contribution in [0.2, 0.25) is 5.02 Å². The van der Waals surface area contributed by atoms with Crippen LogP contribution < -0.4 is 10.2 Å². The number of nitrogens with one attached hydrogen (secondary N) is 1. The quantitative estimate of drug-likeness (QED) is 0.520. The van der Waals surface area contributed by atoms with Crippen molar-refractivity contribution in [3.63, 3.8) is 0 Å². The number of benzene rings is 1. The van der Waals surface area contributed by atoms with Gasteiger partial charge in [0.1, 0.15) is 24.8 Å². The minimum absolute atomic E-state index is 0.0320. The molecule has 1 aliphatic rings. The summed E-state index contributed by atoms with van der Waals surface area (Å²) in [7, 11) is 0. The molecular weight excluding hydrogens is 424 g/mol. The first-order valence-electron chi connectivity index (χ1n) is 9.45. The van der Waals surface area contributed by atoms with Crippen LogP contribution in [0, 0.1) is 5.92 Å². The van der Waals surface area contributed by atoms with E-state index in [0.29, 0.717) is 22.5 Å². The number of hydrogen-bond acceptors (Lipinski definition) is 8. The maximum atomic E-state index is 12.9. The molecule has 4 aromatic rings. The predicted octanol–water partition coefficient (Wildman–Crippen LogP) is 3.18. The minimum atomic E-state index is -0.154. The normalized spacial score (nSPS) is 16.7. The second-order valence-electron chi connectivity index (χ2n) is 6.98. The fourth-order valence-electron chi connectivity index (χ4n) is 3.52. The van der Waals surface area contributed by atoms with Crippen molar-refractivity contribution in [2.24, 2.45) is 5.92 Å². The van der Waals surface area contributed by atoms with E-state index >= 15 is 0 Å². The van der Waals surface area contributed by atoms with Gasteiger partial charge in [-0.3, -0.25) is 4.79 Å². The van der Waals surface area contributed by atoms with Gasteiger partial charge in [-0.1, -0.05) is 22.9 Å². The number of anilines is 2. The lowest BCUT2D eigenvalue weighted by Crippen LogP contribution is -2.41. The lowest BCUT2D eigenvalue weighted by Gasteiger charge is -2.32. The molecule has 0 bridgehead atoms. The highest BCUT2D eigenvalue weighted by Gasteiger charge is 2.27. The summed E-state index contributed by atoms with van der Waals surface area (Å²) in [6, 6.07) is 7.36. The Morgan fingerprint density at radius 1 is 1.20 bits per heavy atom. The van der Waals surface area contributed by atoms with Crippen LogP contribution >= 0.6 is 22.9 Å². The van der Waals surface area contributed by atoms with E-state index in [1.807, 2.05) is 18.2 Å². The number of aromatic nitrogens is 6. The molecule has 0 saturated carbocycles. The van der Waals surface area contributed by atoms with Crippen molar-refractivity contribution in [3.8, 4) is 5.82 Å². The molecule has 1 unspecified atom stereocenters. The fraction of sp³-hybridized carbons (Fsp3) is 0.263. The van der Waals surface area contributed by atoms with Crippen LogP contribution in [0.25, 0.3) is 16.0 Å². The number of piperidine rings is 1. The summed E-state index contributed by atoms with van der Waals surface area (Å²) in [5.74, 6) is 1.22. The first-order valence-corrected chi connectivity index (χ1v) is 10.6. The van der Waals surface area contributed by atoms with Gasteiger partial charge < -0.3 is 10.2 Å². The van der Waals surface area contributed by atoms with Crippen LogP contribution in [0.3, 0.4) is 0 Å². The van der Waals surface area contributed by atoms with Crippen molar-refractivity contribution in [1.82, 2.24) is 29.7 Å². The molecule has 1 amide bonds. The lowest BCUT2D eigenvalue weighted by atomic mass is 9.97. The summed E-state index contributed by atoms with van der Waals surface area (Å²) in [5.41, 5.74) is 0.826. The van der Waals surface area contributed by atoms with Gasteiger partial charge >= 0.3 is 0 Å². The van der Waals surface area contributed by atoms with Crippen LogP contribution in [0.1, 0.15) is 12.8 Å². The molecule has 9 nitrogen and oxygen atoms in total. The van der Waals surface area contributed by atoms with Gasteiger partial charge in [0.05, 0.1) is 16.1 Å². The van der Waals surface area contributed by atoms with Crippen LogP contribution in [-0.4, -0.2) is 48.7 Å². The van der Waals surface area contributed by atoms with E-state index < -0.39 is 0 Å². The maximum absolute atomic E-state index is 12.9. The molecule has 3 aromatic heterocycles. The molecule has 11 heteroatoms. The summed E-state index contributed by atoms with van der Waals surface area (Å²) in [6.45, 7) is 1.41. The van der Waals surface area contributed by atoms with E-state index in [0.717, 1.165) is 35.4 Å². The van der Waals surface area contributed by atoms with Crippen LogP contribution in [-0.2, 0) is 4.79 Å². The third kappa shape index (κ3) is 3.83. The Morgan fingerprint density at radius 2 is 2.10 bits per heavy atom. The Hall–Kier alpha value is -3.11. The summed E-state index contributed by atoms with van der Waals surface area (Å²) in [5, 5.41) is 8.32. The SMILES string of the molecule is O=C(Nc1nc2ccc(Cl)cc2s1)C1CCCN(c2cc(-n3cncn3)ncn2)C1. The first-order chi connectivity index (χ1) is 14.7. The number of fused-ring (bicyclic) bond motifs is 1. The highest BCUT2D eigenvalue weighted by atomic mass is 35.5. The highest BCUT2D eigenvalue weighted by Crippen LogP contribution is 2.29. The molecule has 0 spiro atoms. The second kappa shape index (κ2) is 7.96. The van der Waals surface area contributed by atoms with Gasteiger partial charge in [0.2, 0.25) is 5.91 Å². The molecule has 4 heterocycles. The minimum Gasteiger partial charge on any atom is -0.356 e. The first kappa shape index (κ1) is 18.9. The van der Waals surface area contributed by atoms with Crippen molar-refractivity contribution in [1.29, 1.82) is 0 Å². The van der Waals surface area contributed by atoms with E-state index in [-0.39, 0.29) is 11.8 Å². The lowest BCUT2D eigenvalue weighted by molar-refractivity contribution is -0.120. The molecule has 30 heavy (non-hydrogen) atoms. The molecule has 5 rings (SSSR count). The smallest absolute Gasteiger partial charge is 0.231 e. The summed E-state index contributed by atoms with van der Waals surface area (Å²) >= 11 is 7.46. The third-order valence-electron chi connectivity index (χ3n) is 4.99. The summed E-state index contributed by atoms with van der Waals surface area (Å²) in [4.78, 5) is 32.1. The van der Waals surface area contributed by atoms with Crippen molar-refractivity contribution in [2.75, 3.05) is 23.3 Å². The van der Waals surface area contributed by atoms with Gasteiger partial charge in [-0.25, -0.2) is 24.6 Å². The van der Waals surface area contributed by atoms with Crippen molar-refractivity contribution in [3.05, 3.63) is 48.3 Å². The summed E-state index contributed by atoms with van der Waals surface area (Å²) in [6.07, 6.45) is 6.27. The zero-order valence-corrected chi connectivity index (χ0v) is 17.3. The van der Waals surface area contributed by atoms with Gasteiger partial charge in [0.25, 0.3) is 0 Å². The molecule has 1 N–H and O–H groups in total. The molecule has 1 aromatic carbocycles. The number of rotatable bonds is 4. The van der Waals surface area contributed by atoms with E-state index in [2.05, 4.69) is 35.3 Å². The molecule has 1 aliphatic heterocycles. The van der Waals surface area contributed by atoms with E-state index in [9.17, 15) is 4.79 Å². The van der Waals surface area contributed by atoms with Gasteiger partial charge in [0, 0.05) is 24.2 Å². The topological polar surface area (TPSA) is 102 Å². The molecule has 1 fully saturated rings. The molecule has 1 saturated heterocycles. The molecule has 152 valence electrons. The zero-order valence-electron chi connectivity index (χ0n) is 15.8. The fourth-order valence-corrected chi connectivity index (χ4v) is 4.67.